The zero-order valence-electron chi connectivity index (χ0n) is 15.2. The minimum atomic E-state index is -0.509. The molecule has 0 amide bonds. The maximum Gasteiger partial charge on any atom is 0.345 e. The highest BCUT2D eigenvalue weighted by Crippen LogP contribution is 2.30. The smallest absolute Gasteiger partial charge is 0.345 e. The van der Waals surface area contributed by atoms with Crippen LogP contribution in [0.15, 0.2) is 70.0 Å². The van der Waals surface area contributed by atoms with Crippen LogP contribution in [-0.4, -0.2) is 37.5 Å². The summed E-state index contributed by atoms with van der Waals surface area (Å²) in [6.07, 6.45) is 1.75. The molecule has 0 radical (unpaired) electrons. The first kappa shape index (κ1) is 16.9. The maximum atomic E-state index is 12.7. The molecule has 0 unspecified atom stereocenters. The summed E-state index contributed by atoms with van der Waals surface area (Å²) >= 11 is 0. The Morgan fingerprint density at radius 2 is 1.93 bits per heavy atom. The topological polar surface area (TPSA) is 112 Å². The molecule has 5 rings (SSSR count). The number of tetrazole rings is 1. The molecule has 0 atom stereocenters. The number of ether oxygens (including phenoxy) is 1. The van der Waals surface area contributed by atoms with Gasteiger partial charge in [-0.1, -0.05) is 18.2 Å². The van der Waals surface area contributed by atoms with E-state index < -0.39 is 5.63 Å². The quantitative estimate of drug-likeness (QED) is 0.473. The number of fused-ring (bicyclic) bond motifs is 1. The lowest BCUT2D eigenvalue weighted by Crippen LogP contribution is -2.04. The SMILES string of the molecule is COc1ccc2oc(=O)c(-c3nn(-c4ccccc4)cc3-c3nn[nH]n3)cc2c1. The largest absolute Gasteiger partial charge is 0.497 e. The van der Waals surface area contributed by atoms with E-state index in [0.717, 1.165) is 5.69 Å². The van der Waals surface area contributed by atoms with E-state index in [4.69, 9.17) is 9.15 Å². The van der Waals surface area contributed by atoms with Crippen molar-refractivity contribution >= 4 is 11.0 Å². The fourth-order valence-electron chi connectivity index (χ4n) is 3.12. The number of hydrogen-bond donors (Lipinski definition) is 1. The van der Waals surface area contributed by atoms with Gasteiger partial charge < -0.3 is 9.15 Å². The second kappa shape index (κ2) is 6.71. The number of rotatable bonds is 4. The van der Waals surface area contributed by atoms with Crippen molar-refractivity contribution in [2.45, 2.75) is 0 Å². The summed E-state index contributed by atoms with van der Waals surface area (Å²) in [5.74, 6) is 0.984. The molecule has 1 N–H and O–H groups in total. The molecule has 29 heavy (non-hydrogen) atoms. The van der Waals surface area contributed by atoms with Gasteiger partial charge in [0.15, 0.2) is 0 Å². The number of benzene rings is 2. The first-order valence-electron chi connectivity index (χ1n) is 8.74. The molecule has 0 spiro atoms. The summed E-state index contributed by atoms with van der Waals surface area (Å²) in [5, 5.41) is 19.5. The normalized spacial score (nSPS) is 11.1. The molecule has 0 aliphatic rings. The Morgan fingerprint density at radius 1 is 1.07 bits per heavy atom. The van der Waals surface area contributed by atoms with Crippen molar-refractivity contribution in [3.05, 3.63) is 71.2 Å². The van der Waals surface area contributed by atoms with Crippen LogP contribution in [0.4, 0.5) is 0 Å². The van der Waals surface area contributed by atoms with E-state index in [0.29, 0.717) is 39.4 Å². The zero-order valence-corrected chi connectivity index (χ0v) is 15.2. The van der Waals surface area contributed by atoms with Crippen LogP contribution in [0.3, 0.4) is 0 Å². The molecule has 5 aromatic rings. The summed E-state index contributed by atoms with van der Waals surface area (Å²) < 4.78 is 12.4. The van der Waals surface area contributed by atoms with E-state index in [1.165, 1.54) is 0 Å². The lowest BCUT2D eigenvalue weighted by atomic mass is 10.1. The van der Waals surface area contributed by atoms with E-state index in [1.807, 2.05) is 30.3 Å². The molecule has 3 aromatic heterocycles. The van der Waals surface area contributed by atoms with Gasteiger partial charge in [-0.2, -0.15) is 10.3 Å². The summed E-state index contributed by atoms with van der Waals surface area (Å²) in [7, 11) is 1.58. The number of hydrogen-bond acceptors (Lipinski definition) is 7. The molecule has 3 heterocycles. The van der Waals surface area contributed by atoms with Gasteiger partial charge in [0.05, 0.1) is 23.9 Å². The van der Waals surface area contributed by atoms with Crippen LogP contribution in [0.25, 0.3) is 39.3 Å². The number of aromatic amines is 1. The average molecular weight is 386 g/mol. The third-order valence-electron chi connectivity index (χ3n) is 4.52. The average Bonchev–Trinajstić information content (AvgIpc) is 3.43. The molecule has 9 nitrogen and oxygen atoms in total. The molecular formula is C20H14N6O3. The van der Waals surface area contributed by atoms with Gasteiger partial charge >= 0.3 is 5.63 Å². The minimum Gasteiger partial charge on any atom is -0.497 e. The number of nitrogens with zero attached hydrogens (tertiary/aromatic N) is 5. The Hall–Kier alpha value is -4.27. The van der Waals surface area contributed by atoms with Gasteiger partial charge in [-0.3, -0.25) is 0 Å². The Balaban J connectivity index is 1.75. The van der Waals surface area contributed by atoms with Crippen LogP contribution < -0.4 is 10.4 Å². The molecule has 142 valence electrons. The van der Waals surface area contributed by atoms with Crippen molar-refractivity contribution in [1.82, 2.24) is 30.4 Å². The highest BCUT2D eigenvalue weighted by molar-refractivity contribution is 5.85. The molecule has 9 heteroatoms. The maximum absolute atomic E-state index is 12.7. The lowest BCUT2D eigenvalue weighted by Gasteiger charge is -2.04. The number of methoxy groups -OCH3 is 1. The van der Waals surface area contributed by atoms with Crippen molar-refractivity contribution in [3.8, 4) is 34.1 Å². The van der Waals surface area contributed by atoms with E-state index in [-0.39, 0.29) is 0 Å². The Morgan fingerprint density at radius 3 is 2.69 bits per heavy atom. The van der Waals surface area contributed by atoms with Gasteiger partial charge in [-0.05, 0) is 41.6 Å². The van der Waals surface area contributed by atoms with Crippen molar-refractivity contribution in [2.24, 2.45) is 0 Å². The van der Waals surface area contributed by atoms with E-state index >= 15 is 0 Å². The van der Waals surface area contributed by atoms with Crippen LogP contribution in [0.2, 0.25) is 0 Å². The minimum absolute atomic E-state index is 0.292. The predicted molar refractivity (Wildman–Crippen MR) is 105 cm³/mol. The van der Waals surface area contributed by atoms with Crippen LogP contribution in [0, 0.1) is 0 Å². The molecule has 2 aromatic carbocycles. The molecule has 0 saturated heterocycles. The van der Waals surface area contributed by atoms with Gasteiger partial charge in [-0.25, -0.2) is 9.48 Å². The Bertz CT molecular complexity index is 1360. The first-order valence-corrected chi connectivity index (χ1v) is 8.74. The zero-order chi connectivity index (χ0) is 19.8. The van der Waals surface area contributed by atoms with Gasteiger partial charge in [0.25, 0.3) is 0 Å². The molecule has 0 bridgehead atoms. The molecule has 0 fully saturated rings. The third kappa shape index (κ3) is 2.94. The Labute approximate surface area is 163 Å². The summed E-state index contributed by atoms with van der Waals surface area (Å²) in [6.45, 7) is 0. The van der Waals surface area contributed by atoms with E-state index in [1.54, 1.807) is 42.3 Å². The second-order valence-corrected chi connectivity index (χ2v) is 6.26. The fourth-order valence-corrected chi connectivity index (χ4v) is 3.12. The van der Waals surface area contributed by atoms with E-state index in [2.05, 4.69) is 25.7 Å². The molecule has 0 saturated carbocycles. The van der Waals surface area contributed by atoms with Crippen molar-refractivity contribution in [3.63, 3.8) is 0 Å². The Kier molecular flexibility index (Phi) is 3.91. The van der Waals surface area contributed by atoms with Gasteiger partial charge in [0, 0.05) is 11.6 Å². The highest BCUT2D eigenvalue weighted by Gasteiger charge is 2.21. The number of para-hydroxylation sites is 1. The van der Waals surface area contributed by atoms with Crippen molar-refractivity contribution < 1.29 is 9.15 Å². The third-order valence-corrected chi connectivity index (χ3v) is 4.52. The summed E-state index contributed by atoms with van der Waals surface area (Å²) in [4.78, 5) is 12.7. The molecule has 0 aliphatic heterocycles. The van der Waals surface area contributed by atoms with Crippen LogP contribution >= 0.6 is 0 Å². The number of H-pyrrole nitrogens is 1. The van der Waals surface area contributed by atoms with Crippen LogP contribution in [-0.2, 0) is 0 Å². The van der Waals surface area contributed by atoms with E-state index in [9.17, 15) is 4.79 Å². The second-order valence-electron chi connectivity index (χ2n) is 6.26. The monoisotopic (exact) mass is 386 g/mol. The summed E-state index contributed by atoms with van der Waals surface area (Å²) in [5.41, 5.74) is 2.02. The number of nitrogens with one attached hydrogen (secondary N) is 1. The number of aromatic nitrogens is 6. The highest BCUT2D eigenvalue weighted by atomic mass is 16.5. The lowest BCUT2D eigenvalue weighted by molar-refractivity contribution is 0.415. The fraction of sp³-hybridized carbons (Fsp3) is 0.0500. The predicted octanol–water partition coefficient (Wildman–Crippen LogP) is 2.83. The van der Waals surface area contributed by atoms with Crippen LogP contribution in [0.5, 0.6) is 5.75 Å². The van der Waals surface area contributed by atoms with Crippen molar-refractivity contribution in [1.29, 1.82) is 0 Å². The van der Waals surface area contributed by atoms with Gasteiger partial charge in [0.2, 0.25) is 5.82 Å². The van der Waals surface area contributed by atoms with Gasteiger partial charge in [0.1, 0.15) is 17.0 Å². The molecular weight excluding hydrogens is 372 g/mol. The summed E-state index contributed by atoms with van der Waals surface area (Å²) in [6, 6.07) is 16.5. The van der Waals surface area contributed by atoms with Gasteiger partial charge in [-0.15, -0.1) is 10.2 Å². The van der Waals surface area contributed by atoms with Crippen LogP contribution in [0.1, 0.15) is 0 Å². The first-order chi connectivity index (χ1) is 14.2. The molecule has 0 aliphatic carbocycles. The van der Waals surface area contributed by atoms with Crippen molar-refractivity contribution in [2.75, 3.05) is 7.11 Å². The standard InChI is InChI=1S/C20H14N6O3/c1-28-14-7-8-17-12(9-14)10-15(20(27)29-17)18-16(19-21-24-25-22-19)11-26(23-18)13-5-3-2-4-6-13/h2-11H,1H3,(H,21,22,24,25).